The molecule has 0 unspecified atom stereocenters. The van der Waals surface area contributed by atoms with Gasteiger partial charge in [0.1, 0.15) is 0 Å². The average Bonchev–Trinajstić information content (AvgIpc) is 1.98. The molecule has 0 rings (SSSR count). The van der Waals surface area contributed by atoms with Crippen LogP contribution >= 0.6 is 0 Å². The van der Waals surface area contributed by atoms with Crippen LogP contribution in [0, 0.1) is 0 Å². The Morgan fingerprint density at radius 1 is 1.12 bits per heavy atom. The van der Waals surface area contributed by atoms with Gasteiger partial charge in [-0.3, -0.25) is 8.74 Å². The number of rotatable bonds is 6. The zero-order chi connectivity index (χ0) is 14.1. The molecule has 0 heterocycles. The monoisotopic (exact) mass is 304 g/mol. The third-order valence-electron chi connectivity index (χ3n) is 1.46. The molecule has 0 aromatic carbocycles. The van der Waals surface area contributed by atoms with Gasteiger partial charge in [0, 0.05) is 6.42 Å². The summed E-state index contributed by atoms with van der Waals surface area (Å²) in [5.74, 6) is -5.16. The van der Waals surface area contributed by atoms with Crippen LogP contribution in [-0.2, 0) is 24.4 Å². The van der Waals surface area contributed by atoms with Crippen LogP contribution in [0.1, 0.15) is 6.42 Å². The molecule has 104 valence electrons. The normalized spacial score (nSPS) is 14.9. The van der Waals surface area contributed by atoms with Gasteiger partial charge in [-0.2, -0.15) is 34.4 Å². The summed E-state index contributed by atoms with van der Waals surface area (Å²) in [7, 11) is -10.4. The lowest BCUT2D eigenvalue weighted by atomic mass is 10.2. The van der Waals surface area contributed by atoms with Gasteiger partial charge in [0.15, 0.2) is 0 Å². The minimum Gasteiger partial charge on any atom is -0.281 e. The quantitative estimate of drug-likeness (QED) is 0.435. The molecule has 0 spiro atoms. The van der Waals surface area contributed by atoms with E-state index in [0.717, 1.165) is 0 Å². The molecule has 0 aromatic heterocycles. The molecule has 6 nitrogen and oxygen atoms in total. The lowest BCUT2D eigenvalue weighted by molar-refractivity contribution is -0.167. The molecule has 0 bridgehead atoms. The largest absolute Gasteiger partial charge is 0.431 e. The van der Waals surface area contributed by atoms with Crippen LogP contribution in [0.15, 0.2) is 0 Å². The Morgan fingerprint density at radius 3 is 1.82 bits per heavy atom. The standard InChI is InChI=1S/C5H8F4O6S2/c1-16(10,11)15-3-2-4(6,7)5(8,9)17(12,13)14/h2-3H2,1H3,(H,12,13,14). The minimum atomic E-state index is -6.31. The highest BCUT2D eigenvalue weighted by Gasteiger charge is 2.65. The van der Waals surface area contributed by atoms with Crippen molar-refractivity contribution in [3.05, 3.63) is 0 Å². The van der Waals surface area contributed by atoms with E-state index in [0.29, 0.717) is 6.26 Å². The summed E-state index contributed by atoms with van der Waals surface area (Å²) in [6.45, 7) is -1.35. The zero-order valence-corrected chi connectivity index (χ0v) is 9.86. The van der Waals surface area contributed by atoms with Crippen molar-refractivity contribution in [1.82, 2.24) is 0 Å². The highest BCUT2D eigenvalue weighted by atomic mass is 32.2. The Balaban J connectivity index is 4.82. The van der Waals surface area contributed by atoms with Gasteiger partial charge in [-0.05, 0) is 0 Å². The first-order valence-corrected chi connectivity index (χ1v) is 7.03. The fraction of sp³-hybridized carbons (Fsp3) is 1.00. The molecule has 0 aromatic rings. The predicted octanol–water partition coefficient (Wildman–Crippen LogP) is 0.469. The molecule has 0 atom stereocenters. The van der Waals surface area contributed by atoms with Gasteiger partial charge in [0.25, 0.3) is 10.1 Å². The highest BCUT2D eigenvalue weighted by molar-refractivity contribution is 7.87. The van der Waals surface area contributed by atoms with Gasteiger partial charge in [-0.15, -0.1) is 0 Å². The van der Waals surface area contributed by atoms with Crippen molar-refractivity contribution in [2.45, 2.75) is 17.6 Å². The predicted molar refractivity (Wildman–Crippen MR) is 46.9 cm³/mol. The summed E-state index contributed by atoms with van der Waals surface area (Å²) < 4.78 is 103. The number of hydrogen-bond acceptors (Lipinski definition) is 5. The van der Waals surface area contributed by atoms with E-state index in [-0.39, 0.29) is 0 Å². The number of hydrogen-bond donors (Lipinski definition) is 1. The van der Waals surface area contributed by atoms with Gasteiger partial charge >= 0.3 is 21.3 Å². The van der Waals surface area contributed by atoms with Crippen LogP contribution in [-0.4, -0.2) is 45.4 Å². The van der Waals surface area contributed by atoms with Gasteiger partial charge in [0.2, 0.25) is 0 Å². The van der Waals surface area contributed by atoms with Crippen molar-refractivity contribution < 1.29 is 43.1 Å². The average molecular weight is 304 g/mol. The molecule has 0 aliphatic carbocycles. The Hall–Kier alpha value is -0.460. The molecule has 0 saturated carbocycles. The van der Waals surface area contributed by atoms with Crippen LogP contribution in [0.25, 0.3) is 0 Å². The summed E-state index contributed by atoms with van der Waals surface area (Å²) in [6.07, 6.45) is -1.40. The Bertz CT molecular complexity index is 467. The van der Waals surface area contributed by atoms with E-state index in [4.69, 9.17) is 4.55 Å². The third-order valence-corrected chi connectivity index (χ3v) is 3.00. The molecular weight excluding hydrogens is 296 g/mol. The van der Waals surface area contributed by atoms with E-state index < -0.39 is 44.4 Å². The molecule has 0 radical (unpaired) electrons. The summed E-state index contributed by atoms with van der Waals surface area (Å²) in [5, 5.41) is -5.72. The van der Waals surface area contributed by atoms with Crippen LogP contribution in [0.3, 0.4) is 0 Å². The minimum absolute atomic E-state index is 0.492. The summed E-state index contributed by atoms with van der Waals surface area (Å²) in [6, 6.07) is 0. The first kappa shape index (κ1) is 16.5. The summed E-state index contributed by atoms with van der Waals surface area (Å²) in [5.41, 5.74) is 0. The maximum absolute atomic E-state index is 12.7. The van der Waals surface area contributed by atoms with E-state index >= 15 is 0 Å². The lowest BCUT2D eigenvalue weighted by Gasteiger charge is -2.23. The topological polar surface area (TPSA) is 97.7 Å². The first-order valence-electron chi connectivity index (χ1n) is 3.78. The van der Waals surface area contributed by atoms with Crippen molar-refractivity contribution in [2.24, 2.45) is 0 Å². The molecule has 12 heteroatoms. The van der Waals surface area contributed by atoms with E-state index in [1.807, 2.05) is 0 Å². The summed E-state index contributed by atoms with van der Waals surface area (Å²) >= 11 is 0. The van der Waals surface area contributed by atoms with Crippen molar-refractivity contribution in [3.63, 3.8) is 0 Å². The zero-order valence-electron chi connectivity index (χ0n) is 8.23. The molecule has 0 fully saturated rings. The highest BCUT2D eigenvalue weighted by Crippen LogP contribution is 2.40. The summed E-state index contributed by atoms with van der Waals surface area (Å²) in [4.78, 5) is 0. The molecule has 1 N–H and O–H groups in total. The van der Waals surface area contributed by atoms with Crippen LogP contribution in [0.4, 0.5) is 17.6 Å². The maximum Gasteiger partial charge on any atom is 0.431 e. The van der Waals surface area contributed by atoms with Crippen molar-refractivity contribution in [1.29, 1.82) is 0 Å². The first-order chi connectivity index (χ1) is 7.21. The number of alkyl halides is 4. The van der Waals surface area contributed by atoms with Gasteiger partial charge in [0.05, 0.1) is 12.9 Å². The lowest BCUT2D eigenvalue weighted by Crippen LogP contribution is -2.47. The molecular formula is C5H8F4O6S2. The SMILES string of the molecule is CS(=O)(=O)OCCC(F)(F)C(F)(F)S(=O)(=O)O. The molecule has 0 aliphatic heterocycles. The van der Waals surface area contributed by atoms with Crippen LogP contribution in [0.2, 0.25) is 0 Å². The molecule has 17 heavy (non-hydrogen) atoms. The van der Waals surface area contributed by atoms with Crippen LogP contribution < -0.4 is 0 Å². The van der Waals surface area contributed by atoms with Gasteiger partial charge in [-0.25, -0.2) is 0 Å². The second-order valence-corrected chi connectivity index (χ2v) is 6.08. The fourth-order valence-electron chi connectivity index (χ4n) is 0.655. The van der Waals surface area contributed by atoms with E-state index in [9.17, 15) is 34.4 Å². The van der Waals surface area contributed by atoms with E-state index in [2.05, 4.69) is 4.18 Å². The fourth-order valence-corrected chi connectivity index (χ4v) is 1.52. The van der Waals surface area contributed by atoms with Crippen LogP contribution in [0.5, 0.6) is 0 Å². The van der Waals surface area contributed by atoms with Crippen molar-refractivity contribution in [2.75, 3.05) is 12.9 Å². The number of halogens is 4. The maximum atomic E-state index is 12.7. The second kappa shape index (κ2) is 4.66. The smallest absolute Gasteiger partial charge is 0.281 e. The Labute approximate surface area is 94.4 Å². The van der Waals surface area contributed by atoms with E-state index in [1.165, 1.54) is 0 Å². The van der Waals surface area contributed by atoms with E-state index in [1.54, 1.807) is 0 Å². The molecule has 0 saturated heterocycles. The molecule has 0 amide bonds. The Kier molecular flexibility index (Phi) is 4.54. The van der Waals surface area contributed by atoms with Gasteiger partial charge in [-0.1, -0.05) is 0 Å². The third kappa shape index (κ3) is 4.37. The van der Waals surface area contributed by atoms with Crippen molar-refractivity contribution >= 4 is 20.2 Å². The second-order valence-electron chi connectivity index (χ2n) is 2.97. The van der Waals surface area contributed by atoms with Gasteiger partial charge < -0.3 is 0 Å². The van der Waals surface area contributed by atoms with Crippen molar-refractivity contribution in [3.8, 4) is 0 Å². The molecule has 0 aliphatic rings. The Morgan fingerprint density at radius 2 is 1.53 bits per heavy atom.